The molecule has 1 unspecified atom stereocenters. The predicted octanol–water partition coefficient (Wildman–Crippen LogP) is 1.53. The van der Waals surface area contributed by atoms with Crippen molar-refractivity contribution in [3.05, 3.63) is 34.9 Å². The number of amides is 2. The van der Waals surface area contributed by atoms with Crippen LogP contribution >= 0.6 is 0 Å². The van der Waals surface area contributed by atoms with Crippen molar-refractivity contribution in [1.29, 1.82) is 0 Å². The van der Waals surface area contributed by atoms with Crippen LogP contribution in [0, 0.1) is 12.8 Å². The molecule has 25 heavy (non-hydrogen) atoms. The van der Waals surface area contributed by atoms with Crippen molar-refractivity contribution in [1.82, 2.24) is 4.90 Å². The molecule has 1 atom stereocenters. The Hall–Kier alpha value is -2.25. The number of hydrogen-bond acceptors (Lipinski definition) is 6. The van der Waals surface area contributed by atoms with Gasteiger partial charge >= 0.3 is 5.97 Å². The highest BCUT2D eigenvalue weighted by Crippen LogP contribution is 2.33. The molecule has 0 spiro atoms. The van der Waals surface area contributed by atoms with E-state index in [-0.39, 0.29) is 13.2 Å². The maximum absolute atomic E-state index is 12.7. The lowest BCUT2D eigenvalue weighted by atomic mass is 9.99. The standard InChI is InChI=1S/C18H21NO6/c1-4-23-17(22)13(18(3)24-8-9-25-18)10-19-15(20)12-7-5-6-11(2)14(12)16(19)21/h5-7,13H,4,8-10H2,1-3H3. The predicted molar refractivity (Wildman–Crippen MR) is 87.0 cm³/mol. The molecule has 2 aliphatic rings. The highest BCUT2D eigenvalue weighted by atomic mass is 16.7. The topological polar surface area (TPSA) is 82.1 Å². The van der Waals surface area contributed by atoms with Gasteiger partial charge in [0.2, 0.25) is 0 Å². The number of benzene rings is 1. The summed E-state index contributed by atoms with van der Waals surface area (Å²) in [6.07, 6.45) is 0. The minimum atomic E-state index is -1.23. The van der Waals surface area contributed by atoms with E-state index in [1.807, 2.05) is 0 Å². The van der Waals surface area contributed by atoms with Crippen molar-refractivity contribution in [3.63, 3.8) is 0 Å². The van der Waals surface area contributed by atoms with E-state index in [0.29, 0.717) is 24.3 Å². The zero-order valence-electron chi connectivity index (χ0n) is 14.5. The first-order valence-corrected chi connectivity index (χ1v) is 8.29. The Morgan fingerprint density at radius 3 is 2.56 bits per heavy atom. The Morgan fingerprint density at radius 1 is 1.28 bits per heavy atom. The monoisotopic (exact) mass is 347 g/mol. The smallest absolute Gasteiger partial charge is 0.316 e. The molecule has 3 rings (SSSR count). The SMILES string of the molecule is CCOC(=O)C(CN1C(=O)c2cccc(C)c2C1=O)C1(C)OCCO1. The molecule has 0 aromatic heterocycles. The van der Waals surface area contributed by atoms with Gasteiger partial charge in [0.25, 0.3) is 11.8 Å². The molecule has 2 heterocycles. The first-order valence-electron chi connectivity index (χ1n) is 8.29. The lowest BCUT2D eigenvalue weighted by Gasteiger charge is -2.32. The Morgan fingerprint density at radius 2 is 1.96 bits per heavy atom. The number of esters is 1. The average Bonchev–Trinajstić information content (AvgIpc) is 3.10. The second-order valence-corrected chi connectivity index (χ2v) is 6.24. The van der Waals surface area contributed by atoms with Crippen LogP contribution in [-0.2, 0) is 19.0 Å². The van der Waals surface area contributed by atoms with Crippen LogP contribution in [0.2, 0.25) is 0 Å². The van der Waals surface area contributed by atoms with E-state index < -0.39 is 29.5 Å². The summed E-state index contributed by atoms with van der Waals surface area (Å²) in [6, 6.07) is 5.13. The van der Waals surface area contributed by atoms with Crippen LogP contribution in [0.4, 0.5) is 0 Å². The van der Waals surface area contributed by atoms with Gasteiger partial charge in [0.1, 0.15) is 5.92 Å². The van der Waals surface area contributed by atoms with Crippen LogP contribution < -0.4 is 0 Å². The molecule has 0 saturated carbocycles. The number of rotatable bonds is 5. The Kier molecular flexibility index (Phi) is 4.62. The van der Waals surface area contributed by atoms with E-state index in [0.717, 1.165) is 10.5 Å². The Balaban J connectivity index is 1.90. The second-order valence-electron chi connectivity index (χ2n) is 6.24. The van der Waals surface area contributed by atoms with E-state index in [4.69, 9.17) is 14.2 Å². The molecule has 7 heteroatoms. The zero-order valence-corrected chi connectivity index (χ0v) is 14.5. The first kappa shape index (κ1) is 17.6. The highest BCUT2D eigenvalue weighted by Gasteiger charge is 2.49. The van der Waals surface area contributed by atoms with Crippen molar-refractivity contribution >= 4 is 17.8 Å². The summed E-state index contributed by atoms with van der Waals surface area (Å²) in [5, 5.41) is 0. The molecule has 0 bridgehead atoms. The molecule has 1 aromatic rings. The van der Waals surface area contributed by atoms with Gasteiger partial charge < -0.3 is 14.2 Å². The number of hydrogen-bond donors (Lipinski definition) is 0. The van der Waals surface area contributed by atoms with Crippen LogP contribution in [0.5, 0.6) is 0 Å². The third kappa shape index (κ3) is 2.94. The lowest BCUT2D eigenvalue weighted by Crippen LogP contribution is -2.49. The zero-order chi connectivity index (χ0) is 18.2. The fourth-order valence-corrected chi connectivity index (χ4v) is 3.28. The van der Waals surface area contributed by atoms with Crippen LogP contribution in [0.25, 0.3) is 0 Å². The van der Waals surface area contributed by atoms with Crippen molar-refractivity contribution in [2.24, 2.45) is 5.92 Å². The van der Waals surface area contributed by atoms with Crippen molar-refractivity contribution in [2.75, 3.05) is 26.4 Å². The van der Waals surface area contributed by atoms with Crippen LogP contribution in [0.15, 0.2) is 18.2 Å². The number of ether oxygens (including phenoxy) is 3. The van der Waals surface area contributed by atoms with E-state index in [1.54, 1.807) is 39.0 Å². The minimum absolute atomic E-state index is 0.152. The normalized spacial score (nSPS) is 19.9. The van der Waals surface area contributed by atoms with Gasteiger partial charge in [-0.2, -0.15) is 0 Å². The number of carbonyl (C=O) groups excluding carboxylic acids is 3. The first-order chi connectivity index (χ1) is 11.9. The summed E-state index contributed by atoms with van der Waals surface area (Å²) in [4.78, 5) is 38.9. The maximum Gasteiger partial charge on any atom is 0.316 e. The van der Waals surface area contributed by atoms with Gasteiger partial charge in [0.15, 0.2) is 5.79 Å². The largest absolute Gasteiger partial charge is 0.466 e. The molecule has 0 N–H and O–H groups in total. The summed E-state index contributed by atoms with van der Waals surface area (Å²) in [6.45, 7) is 5.82. The molecule has 0 radical (unpaired) electrons. The van der Waals surface area contributed by atoms with Gasteiger partial charge in [0.05, 0.1) is 30.9 Å². The molecular weight excluding hydrogens is 326 g/mol. The molecular formula is C18H21NO6. The average molecular weight is 347 g/mol. The number of carbonyl (C=O) groups is 3. The third-order valence-corrected chi connectivity index (χ3v) is 4.64. The van der Waals surface area contributed by atoms with E-state index >= 15 is 0 Å². The Labute approximate surface area is 145 Å². The van der Waals surface area contributed by atoms with Crippen LogP contribution in [-0.4, -0.2) is 54.8 Å². The summed E-state index contributed by atoms with van der Waals surface area (Å²) in [7, 11) is 0. The number of imide groups is 1. The molecule has 7 nitrogen and oxygen atoms in total. The molecule has 1 fully saturated rings. The van der Waals surface area contributed by atoms with E-state index in [1.165, 1.54) is 0 Å². The molecule has 1 aromatic carbocycles. The van der Waals surface area contributed by atoms with Gasteiger partial charge in [-0.1, -0.05) is 12.1 Å². The summed E-state index contributed by atoms with van der Waals surface area (Å²) < 4.78 is 16.3. The number of nitrogens with zero attached hydrogens (tertiary/aromatic N) is 1. The van der Waals surface area contributed by atoms with Crippen molar-refractivity contribution in [2.45, 2.75) is 26.6 Å². The summed E-state index contributed by atoms with van der Waals surface area (Å²) in [5.74, 6) is -3.53. The minimum Gasteiger partial charge on any atom is -0.466 e. The number of fused-ring (bicyclic) bond motifs is 1. The van der Waals surface area contributed by atoms with E-state index in [9.17, 15) is 14.4 Å². The summed E-state index contributed by atoms with van der Waals surface area (Å²) in [5.41, 5.74) is 1.46. The van der Waals surface area contributed by atoms with Crippen LogP contribution in [0.3, 0.4) is 0 Å². The van der Waals surface area contributed by atoms with E-state index in [2.05, 4.69) is 0 Å². The molecule has 134 valence electrons. The van der Waals surface area contributed by atoms with Gasteiger partial charge in [-0.15, -0.1) is 0 Å². The van der Waals surface area contributed by atoms with Crippen molar-refractivity contribution < 1.29 is 28.6 Å². The Bertz CT molecular complexity index is 722. The number of aryl methyl sites for hydroxylation is 1. The fraction of sp³-hybridized carbons (Fsp3) is 0.500. The third-order valence-electron chi connectivity index (χ3n) is 4.64. The van der Waals surface area contributed by atoms with Crippen molar-refractivity contribution in [3.8, 4) is 0 Å². The highest BCUT2D eigenvalue weighted by molar-refractivity contribution is 6.22. The van der Waals surface area contributed by atoms with Gasteiger partial charge in [-0.25, -0.2) is 0 Å². The second kappa shape index (κ2) is 6.57. The quantitative estimate of drug-likeness (QED) is 0.593. The van der Waals surface area contributed by atoms with Gasteiger partial charge in [-0.3, -0.25) is 19.3 Å². The molecule has 2 amide bonds. The maximum atomic E-state index is 12.7. The fourth-order valence-electron chi connectivity index (χ4n) is 3.28. The van der Waals surface area contributed by atoms with Gasteiger partial charge in [-0.05, 0) is 32.4 Å². The lowest BCUT2D eigenvalue weighted by molar-refractivity contribution is -0.201. The molecule has 0 aliphatic carbocycles. The molecule has 2 aliphatic heterocycles. The van der Waals surface area contributed by atoms with Crippen LogP contribution in [0.1, 0.15) is 40.1 Å². The molecule has 1 saturated heterocycles. The van der Waals surface area contributed by atoms with Gasteiger partial charge in [0, 0.05) is 6.54 Å². The summed E-state index contributed by atoms with van der Waals surface area (Å²) >= 11 is 0.